The Morgan fingerprint density at radius 2 is 1.82 bits per heavy atom. The first-order valence-electron chi connectivity index (χ1n) is 6.01. The van der Waals surface area contributed by atoms with Gasteiger partial charge in [-0.3, -0.25) is 0 Å². The van der Waals surface area contributed by atoms with E-state index < -0.39 is 5.60 Å². The van der Waals surface area contributed by atoms with E-state index in [0.29, 0.717) is 13.0 Å². The molecule has 0 unspecified atom stereocenters. The van der Waals surface area contributed by atoms with Gasteiger partial charge in [-0.05, 0) is 41.0 Å². The van der Waals surface area contributed by atoms with Crippen LogP contribution in [0.4, 0.5) is 4.79 Å². The van der Waals surface area contributed by atoms with Gasteiger partial charge in [-0.15, -0.1) is 0 Å². The summed E-state index contributed by atoms with van der Waals surface area (Å²) >= 11 is 0. The Morgan fingerprint density at radius 3 is 2.18 bits per heavy atom. The molecule has 0 fully saturated rings. The Kier molecular flexibility index (Phi) is 5.47. The monoisotopic (exact) mass is 240 g/mol. The second kappa shape index (κ2) is 5.90. The van der Waals surface area contributed by atoms with Crippen molar-refractivity contribution in [2.24, 2.45) is 0 Å². The minimum atomic E-state index is -0.508. The highest BCUT2D eigenvalue weighted by Gasteiger charge is 2.32. The first-order valence-corrected chi connectivity index (χ1v) is 6.01. The molecule has 17 heavy (non-hydrogen) atoms. The molecule has 0 rings (SSSR count). The van der Waals surface area contributed by atoms with E-state index in [0.717, 1.165) is 6.42 Å². The number of nitriles is 1. The molecule has 1 amide bonds. The van der Waals surface area contributed by atoms with Crippen LogP contribution in [0.15, 0.2) is 0 Å². The molecule has 0 N–H and O–H groups in total. The first kappa shape index (κ1) is 15.8. The third kappa shape index (κ3) is 5.58. The molecule has 0 saturated heterocycles. The largest absolute Gasteiger partial charge is 0.444 e. The summed E-state index contributed by atoms with van der Waals surface area (Å²) < 4.78 is 5.36. The molecule has 0 aliphatic heterocycles. The van der Waals surface area contributed by atoms with E-state index in [2.05, 4.69) is 6.07 Å². The lowest BCUT2D eigenvalue weighted by Crippen LogP contribution is -2.49. The van der Waals surface area contributed by atoms with Crippen molar-refractivity contribution < 1.29 is 9.53 Å². The van der Waals surface area contributed by atoms with E-state index >= 15 is 0 Å². The second-order valence-electron chi connectivity index (χ2n) is 5.71. The van der Waals surface area contributed by atoms with Crippen LogP contribution in [-0.4, -0.2) is 28.7 Å². The summed E-state index contributed by atoms with van der Waals surface area (Å²) in [7, 11) is 0. The molecule has 0 bridgehead atoms. The van der Waals surface area contributed by atoms with E-state index in [1.165, 1.54) is 0 Å². The highest BCUT2D eigenvalue weighted by Crippen LogP contribution is 2.22. The van der Waals surface area contributed by atoms with Crippen molar-refractivity contribution in [3.8, 4) is 6.07 Å². The standard InChI is InChI=1S/C13H24N2O2/c1-7-13(5,6)15(10-8-9-14)11(16)17-12(2,3)4/h7-8,10H2,1-6H3. The van der Waals surface area contributed by atoms with Crippen LogP contribution in [-0.2, 0) is 4.74 Å². The van der Waals surface area contributed by atoms with Crippen molar-refractivity contribution in [3.63, 3.8) is 0 Å². The lowest BCUT2D eigenvalue weighted by atomic mass is 9.99. The quantitative estimate of drug-likeness (QED) is 0.757. The molecule has 4 nitrogen and oxygen atoms in total. The Labute approximate surface area is 105 Å². The normalized spacial score (nSPS) is 11.8. The molecule has 0 saturated carbocycles. The van der Waals surface area contributed by atoms with Crippen molar-refractivity contribution in [2.45, 2.75) is 65.5 Å². The maximum atomic E-state index is 12.1. The zero-order chi connectivity index (χ0) is 13.7. The molecule has 0 aromatic carbocycles. The van der Waals surface area contributed by atoms with E-state index in [-0.39, 0.29) is 11.6 Å². The van der Waals surface area contributed by atoms with Crippen molar-refractivity contribution >= 4 is 6.09 Å². The number of nitrogens with zero attached hydrogens (tertiary/aromatic N) is 2. The molecular formula is C13H24N2O2. The molecule has 0 aliphatic rings. The predicted octanol–water partition coefficient (Wildman–Crippen LogP) is 3.33. The van der Waals surface area contributed by atoms with Gasteiger partial charge >= 0.3 is 6.09 Å². The van der Waals surface area contributed by atoms with Gasteiger partial charge in [0.2, 0.25) is 0 Å². The Balaban J connectivity index is 4.81. The second-order valence-corrected chi connectivity index (χ2v) is 5.71. The third-order valence-corrected chi connectivity index (χ3v) is 2.66. The topological polar surface area (TPSA) is 53.3 Å². The van der Waals surface area contributed by atoms with E-state index in [1.54, 1.807) is 4.90 Å². The SMILES string of the molecule is CCC(C)(C)N(CCC#N)C(=O)OC(C)(C)C. The van der Waals surface area contributed by atoms with Gasteiger partial charge in [-0.2, -0.15) is 5.26 Å². The van der Waals surface area contributed by atoms with Crippen LogP contribution in [0.2, 0.25) is 0 Å². The van der Waals surface area contributed by atoms with Gasteiger partial charge < -0.3 is 9.64 Å². The zero-order valence-corrected chi connectivity index (χ0v) is 11.8. The maximum absolute atomic E-state index is 12.1. The number of carbonyl (C=O) groups excluding carboxylic acids is 1. The highest BCUT2D eigenvalue weighted by atomic mass is 16.6. The lowest BCUT2D eigenvalue weighted by Gasteiger charge is -2.38. The number of ether oxygens (including phenoxy) is 1. The average molecular weight is 240 g/mol. The van der Waals surface area contributed by atoms with Crippen molar-refractivity contribution in [2.75, 3.05) is 6.54 Å². The van der Waals surface area contributed by atoms with E-state index in [9.17, 15) is 4.79 Å². The Hall–Kier alpha value is -1.24. The van der Waals surface area contributed by atoms with Gasteiger partial charge in [-0.1, -0.05) is 6.92 Å². The number of carbonyl (C=O) groups is 1. The molecule has 0 aromatic heterocycles. The number of amides is 1. The molecule has 0 heterocycles. The molecule has 0 radical (unpaired) electrons. The summed E-state index contributed by atoms with van der Waals surface area (Å²) in [5.41, 5.74) is -0.801. The smallest absolute Gasteiger partial charge is 0.410 e. The van der Waals surface area contributed by atoms with Gasteiger partial charge in [0, 0.05) is 12.1 Å². The molecular weight excluding hydrogens is 216 g/mol. The highest BCUT2D eigenvalue weighted by molar-refractivity contribution is 5.69. The van der Waals surface area contributed by atoms with Crippen LogP contribution >= 0.6 is 0 Å². The minimum Gasteiger partial charge on any atom is -0.444 e. The molecule has 4 heteroatoms. The number of hydrogen-bond donors (Lipinski definition) is 0. The molecule has 98 valence electrons. The number of rotatable bonds is 4. The van der Waals surface area contributed by atoms with Crippen molar-refractivity contribution in [1.82, 2.24) is 4.90 Å². The molecule has 0 aromatic rings. The summed E-state index contributed by atoms with van der Waals surface area (Å²) in [6.07, 6.45) is 0.792. The fourth-order valence-corrected chi connectivity index (χ4v) is 1.31. The average Bonchev–Trinajstić information content (AvgIpc) is 2.15. The van der Waals surface area contributed by atoms with Crippen LogP contribution in [0, 0.1) is 11.3 Å². The van der Waals surface area contributed by atoms with Gasteiger partial charge in [0.1, 0.15) is 5.60 Å². The van der Waals surface area contributed by atoms with E-state index in [1.807, 2.05) is 41.5 Å². The number of hydrogen-bond acceptors (Lipinski definition) is 3. The molecule has 0 atom stereocenters. The maximum Gasteiger partial charge on any atom is 0.410 e. The van der Waals surface area contributed by atoms with Crippen molar-refractivity contribution in [3.05, 3.63) is 0 Å². The van der Waals surface area contributed by atoms with Gasteiger partial charge in [-0.25, -0.2) is 4.79 Å². The Morgan fingerprint density at radius 1 is 1.29 bits per heavy atom. The summed E-state index contributed by atoms with van der Waals surface area (Å²) in [5.74, 6) is 0. The van der Waals surface area contributed by atoms with Crippen LogP contribution in [0.5, 0.6) is 0 Å². The van der Waals surface area contributed by atoms with Crippen LogP contribution in [0.1, 0.15) is 54.4 Å². The van der Waals surface area contributed by atoms with Crippen LogP contribution < -0.4 is 0 Å². The lowest BCUT2D eigenvalue weighted by molar-refractivity contribution is 0.00308. The third-order valence-electron chi connectivity index (χ3n) is 2.66. The van der Waals surface area contributed by atoms with Crippen molar-refractivity contribution in [1.29, 1.82) is 5.26 Å². The Bertz CT molecular complexity index is 298. The summed E-state index contributed by atoms with van der Waals surface area (Å²) in [4.78, 5) is 13.7. The first-order chi connectivity index (χ1) is 7.64. The summed E-state index contributed by atoms with van der Waals surface area (Å²) in [6.45, 7) is 11.9. The van der Waals surface area contributed by atoms with Gasteiger partial charge in [0.25, 0.3) is 0 Å². The fraction of sp³-hybridized carbons (Fsp3) is 0.846. The van der Waals surface area contributed by atoms with Gasteiger partial charge in [0.15, 0.2) is 0 Å². The predicted molar refractivity (Wildman–Crippen MR) is 67.5 cm³/mol. The van der Waals surface area contributed by atoms with Crippen LogP contribution in [0.3, 0.4) is 0 Å². The molecule has 0 spiro atoms. The zero-order valence-electron chi connectivity index (χ0n) is 11.8. The fourth-order valence-electron chi connectivity index (χ4n) is 1.31. The molecule has 0 aliphatic carbocycles. The minimum absolute atomic E-state index is 0.292. The van der Waals surface area contributed by atoms with Crippen LogP contribution in [0.25, 0.3) is 0 Å². The summed E-state index contributed by atoms with van der Waals surface area (Å²) in [6, 6.07) is 2.06. The summed E-state index contributed by atoms with van der Waals surface area (Å²) in [5, 5.41) is 8.64. The van der Waals surface area contributed by atoms with E-state index in [4.69, 9.17) is 10.00 Å². The van der Waals surface area contributed by atoms with Gasteiger partial charge in [0.05, 0.1) is 12.5 Å².